The fraction of sp³-hybridized carbons (Fsp3) is 0.250. The zero-order valence-corrected chi connectivity index (χ0v) is 13.7. The van der Waals surface area contributed by atoms with Crippen molar-refractivity contribution in [2.45, 2.75) is 6.42 Å². The van der Waals surface area contributed by atoms with Crippen LogP contribution >= 0.6 is 11.6 Å². The fourth-order valence-electron chi connectivity index (χ4n) is 1.97. The first-order valence-corrected chi connectivity index (χ1v) is 7.38. The number of carbonyl (C=O) groups excluding carboxylic acids is 1. The van der Waals surface area contributed by atoms with E-state index in [1.165, 1.54) is 7.11 Å². The quantitative estimate of drug-likeness (QED) is 0.813. The topological polar surface area (TPSA) is 72.5 Å². The maximum atomic E-state index is 12.0. The van der Waals surface area contributed by atoms with Crippen LogP contribution in [-0.2, 0) is 4.79 Å². The predicted octanol–water partition coefficient (Wildman–Crippen LogP) is 3.19. The van der Waals surface area contributed by atoms with Crippen LogP contribution < -0.4 is 20.1 Å². The first kappa shape index (κ1) is 16.9. The van der Waals surface area contributed by atoms with Gasteiger partial charge in [0.15, 0.2) is 11.6 Å². The van der Waals surface area contributed by atoms with Crippen LogP contribution in [0.25, 0.3) is 0 Å². The molecule has 2 rings (SSSR count). The van der Waals surface area contributed by atoms with Crippen LogP contribution in [-0.4, -0.2) is 31.7 Å². The smallest absolute Gasteiger partial charge is 0.227 e. The summed E-state index contributed by atoms with van der Waals surface area (Å²) in [6.45, 7) is 0.428. The lowest BCUT2D eigenvalue weighted by molar-refractivity contribution is -0.116. The van der Waals surface area contributed by atoms with Crippen molar-refractivity contribution in [3.8, 4) is 11.5 Å². The van der Waals surface area contributed by atoms with Gasteiger partial charge in [0.2, 0.25) is 5.91 Å². The summed E-state index contributed by atoms with van der Waals surface area (Å²) in [5, 5.41) is 6.44. The summed E-state index contributed by atoms with van der Waals surface area (Å²) in [4.78, 5) is 16.1. The molecule has 7 heteroatoms. The van der Waals surface area contributed by atoms with Crippen molar-refractivity contribution in [1.82, 2.24) is 4.98 Å². The second-order valence-electron chi connectivity index (χ2n) is 4.62. The van der Waals surface area contributed by atoms with Gasteiger partial charge in [0.05, 0.1) is 19.9 Å². The Morgan fingerprint density at radius 3 is 2.74 bits per heavy atom. The van der Waals surface area contributed by atoms with Gasteiger partial charge in [-0.05, 0) is 30.3 Å². The number of pyridine rings is 1. The van der Waals surface area contributed by atoms with Crippen molar-refractivity contribution in [3.63, 3.8) is 0 Å². The second kappa shape index (κ2) is 8.24. The molecule has 0 saturated heterocycles. The number of ether oxygens (including phenoxy) is 2. The molecule has 2 aromatic rings. The summed E-state index contributed by atoms with van der Waals surface area (Å²) in [6.07, 6.45) is 1.85. The van der Waals surface area contributed by atoms with Gasteiger partial charge in [0.1, 0.15) is 5.75 Å². The first-order chi connectivity index (χ1) is 11.1. The van der Waals surface area contributed by atoms with Gasteiger partial charge < -0.3 is 20.1 Å². The Hall–Kier alpha value is -2.47. The van der Waals surface area contributed by atoms with Crippen molar-refractivity contribution in [3.05, 3.63) is 41.6 Å². The number of hydrogen-bond acceptors (Lipinski definition) is 5. The van der Waals surface area contributed by atoms with Crippen LogP contribution in [0.15, 0.2) is 36.5 Å². The molecular formula is C16H18ClN3O3. The van der Waals surface area contributed by atoms with E-state index in [4.69, 9.17) is 21.1 Å². The molecule has 0 atom stereocenters. The van der Waals surface area contributed by atoms with Gasteiger partial charge in [-0.15, -0.1) is 0 Å². The molecule has 0 aliphatic rings. The molecule has 1 amide bonds. The number of halogens is 1. The molecule has 6 nitrogen and oxygen atoms in total. The molecule has 0 aliphatic carbocycles. The molecule has 0 radical (unpaired) electrons. The van der Waals surface area contributed by atoms with Gasteiger partial charge in [-0.3, -0.25) is 4.79 Å². The highest BCUT2D eigenvalue weighted by Crippen LogP contribution is 2.27. The van der Waals surface area contributed by atoms with Crippen molar-refractivity contribution < 1.29 is 14.3 Å². The van der Waals surface area contributed by atoms with E-state index >= 15 is 0 Å². The van der Waals surface area contributed by atoms with E-state index in [-0.39, 0.29) is 12.3 Å². The third-order valence-electron chi connectivity index (χ3n) is 3.08. The zero-order chi connectivity index (χ0) is 16.7. The van der Waals surface area contributed by atoms with Crippen molar-refractivity contribution in [2.75, 3.05) is 31.4 Å². The van der Waals surface area contributed by atoms with E-state index in [0.29, 0.717) is 28.9 Å². The normalized spacial score (nSPS) is 10.0. The second-order valence-corrected chi connectivity index (χ2v) is 5.06. The Morgan fingerprint density at radius 2 is 2.00 bits per heavy atom. The summed E-state index contributed by atoms with van der Waals surface area (Å²) >= 11 is 5.96. The largest absolute Gasteiger partial charge is 0.495 e. The zero-order valence-electron chi connectivity index (χ0n) is 12.9. The van der Waals surface area contributed by atoms with Crippen molar-refractivity contribution in [1.29, 1.82) is 0 Å². The number of hydrogen-bond donors (Lipinski definition) is 2. The Balaban J connectivity index is 1.89. The third kappa shape index (κ3) is 4.75. The Labute approximate surface area is 139 Å². The van der Waals surface area contributed by atoms with Crippen LogP contribution in [0.1, 0.15) is 6.42 Å². The molecule has 1 heterocycles. The summed E-state index contributed by atoms with van der Waals surface area (Å²) in [5.41, 5.74) is 0.739. The molecule has 0 fully saturated rings. The third-order valence-corrected chi connectivity index (χ3v) is 3.31. The van der Waals surface area contributed by atoms with Crippen molar-refractivity contribution in [2.24, 2.45) is 0 Å². The number of anilines is 2. The SMILES string of the molecule is COc1ccc(Cl)cc1NCCC(=O)Nc1ncccc1OC. The maximum absolute atomic E-state index is 12.0. The number of aromatic nitrogens is 1. The molecule has 2 N–H and O–H groups in total. The summed E-state index contributed by atoms with van der Waals surface area (Å²) in [5.74, 6) is 1.42. The number of amides is 1. The highest BCUT2D eigenvalue weighted by Gasteiger charge is 2.09. The van der Waals surface area contributed by atoms with E-state index in [9.17, 15) is 4.79 Å². The maximum Gasteiger partial charge on any atom is 0.227 e. The minimum Gasteiger partial charge on any atom is -0.495 e. The summed E-state index contributed by atoms with van der Waals surface area (Å²) in [6, 6.07) is 8.73. The van der Waals surface area contributed by atoms with E-state index in [1.54, 1.807) is 43.6 Å². The molecular weight excluding hydrogens is 318 g/mol. The lowest BCUT2D eigenvalue weighted by Gasteiger charge is -2.12. The number of benzene rings is 1. The van der Waals surface area contributed by atoms with Crippen LogP contribution in [0.5, 0.6) is 11.5 Å². The van der Waals surface area contributed by atoms with Crippen LogP contribution in [0.2, 0.25) is 5.02 Å². The summed E-state index contributed by atoms with van der Waals surface area (Å²) < 4.78 is 10.4. The molecule has 23 heavy (non-hydrogen) atoms. The van der Waals surface area contributed by atoms with Crippen molar-refractivity contribution >= 4 is 29.0 Å². The van der Waals surface area contributed by atoms with Gasteiger partial charge in [0, 0.05) is 24.2 Å². The molecule has 0 spiro atoms. The Morgan fingerprint density at radius 1 is 1.22 bits per heavy atom. The van der Waals surface area contributed by atoms with E-state index < -0.39 is 0 Å². The summed E-state index contributed by atoms with van der Waals surface area (Å²) in [7, 11) is 3.11. The molecule has 1 aromatic heterocycles. The Bertz CT molecular complexity index is 679. The molecule has 0 aliphatic heterocycles. The van der Waals surface area contributed by atoms with E-state index in [1.807, 2.05) is 0 Å². The monoisotopic (exact) mass is 335 g/mol. The average molecular weight is 336 g/mol. The molecule has 1 aromatic carbocycles. The van der Waals surface area contributed by atoms with Gasteiger partial charge in [-0.2, -0.15) is 0 Å². The molecule has 0 saturated carbocycles. The molecule has 0 unspecified atom stereocenters. The van der Waals surface area contributed by atoms with Gasteiger partial charge in [0.25, 0.3) is 0 Å². The fourth-order valence-corrected chi connectivity index (χ4v) is 2.14. The Kier molecular flexibility index (Phi) is 6.05. The lowest BCUT2D eigenvalue weighted by atomic mass is 10.2. The number of rotatable bonds is 7. The van der Waals surface area contributed by atoms with Crippen LogP contribution in [0.4, 0.5) is 11.5 Å². The first-order valence-electron chi connectivity index (χ1n) is 7.00. The van der Waals surface area contributed by atoms with Gasteiger partial charge in [-0.1, -0.05) is 11.6 Å². The van der Waals surface area contributed by atoms with E-state index in [0.717, 1.165) is 5.69 Å². The average Bonchev–Trinajstić information content (AvgIpc) is 2.55. The highest BCUT2D eigenvalue weighted by atomic mass is 35.5. The highest BCUT2D eigenvalue weighted by molar-refractivity contribution is 6.30. The minimum absolute atomic E-state index is 0.171. The number of nitrogens with one attached hydrogen (secondary N) is 2. The lowest BCUT2D eigenvalue weighted by Crippen LogP contribution is -2.17. The number of methoxy groups -OCH3 is 2. The molecule has 0 bridgehead atoms. The predicted molar refractivity (Wildman–Crippen MR) is 90.5 cm³/mol. The van der Waals surface area contributed by atoms with Gasteiger partial charge >= 0.3 is 0 Å². The van der Waals surface area contributed by atoms with Gasteiger partial charge in [-0.25, -0.2) is 4.98 Å². The van der Waals surface area contributed by atoms with Crippen LogP contribution in [0.3, 0.4) is 0 Å². The minimum atomic E-state index is -0.171. The molecule has 122 valence electrons. The van der Waals surface area contributed by atoms with E-state index in [2.05, 4.69) is 15.6 Å². The van der Waals surface area contributed by atoms with Crippen LogP contribution in [0, 0.1) is 0 Å². The number of carbonyl (C=O) groups is 1. The number of nitrogens with zero attached hydrogens (tertiary/aromatic N) is 1. The standard InChI is InChI=1S/C16H18ClN3O3/c1-22-13-6-5-11(17)10-12(13)18-9-7-15(21)20-16-14(23-2)4-3-8-19-16/h3-6,8,10,18H,7,9H2,1-2H3,(H,19,20,21).